The van der Waals surface area contributed by atoms with Crippen molar-refractivity contribution in [1.29, 1.82) is 0 Å². The maximum atomic E-state index is 11.9. The van der Waals surface area contributed by atoms with Crippen LogP contribution < -0.4 is 15.4 Å². The topological polar surface area (TPSA) is 96.7 Å². The molecular weight excluding hydrogens is 370 g/mol. The first-order chi connectivity index (χ1) is 14.0. The molecule has 2 N–H and O–H groups in total. The Morgan fingerprint density at radius 3 is 2.72 bits per heavy atom. The predicted octanol–water partition coefficient (Wildman–Crippen LogP) is 0.715. The number of nitrogens with zero attached hydrogens (tertiary/aromatic N) is 5. The summed E-state index contributed by atoms with van der Waals surface area (Å²) in [4.78, 5) is 17.8. The third-order valence-corrected chi connectivity index (χ3v) is 4.41. The zero-order chi connectivity index (χ0) is 21.1. The molecule has 0 radical (unpaired) electrons. The third kappa shape index (κ3) is 7.10. The molecule has 9 nitrogen and oxygen atoms in total. The Kier molecular flexibility index (Phi) is 8.94. The number of hydrogen-bond acceptors (Lipinski definition) is 5. The molecule has 0 unspecified atom stereocenters. The Morgan fingerprint density at radius 1 is 1.24 bits per heavy atom. The van der Waals surface area contributed by atoms with Crippen molar-refractivity contribution in [3.63, 3.8) is 0 Å². The highest BCUT2D eigenvalue weighted by Crippen LogP contribution is 2.17. The fourth-order valence-corrected chi connectivity index (χ4v) is 2.72. The van der Waals surface area contributed by atoms with Crippen molar-refractivity contribution in [3.8, 4) is 5.75 Å². The number of rotatable bonds is 10. The van der Waals surface area contributed by atoms with Crippen LogP contribution in [0, 0.1) is 0 Å². The van der Waals surface area contributed by atoms with Gasteiger partial charge in [-0.05, 0) is 18.1 Å². The van der Waals surface area contributed by atoms with Crippen LogP contribution in [0.3, 0.4) is 0 Å². The lowest BCUT2D eigenvalue weighted by Crippen LogP contribution is -2.41. The van der Waals surface area contributed by atoms with Crippen molar-refractivity contribution in [2.45, 2.75) is 26.3 Å². The minimum absolute atomic E-state index is 0.0529. The van der Waals surface area contributed by atoms with Gasteiger partial charge in [-0.2, -0.15) is 0 Å². The number of nitrogens with one attached hydrogen (secondary N) is 2. The minimum Gasteiger partial charge on any atom is -0.496 e. The van der Waals surface area contributed by atoms with Gasteiger partial charge in [0.05, 0.1) is 7.11 Å². The number of likely N-dealkylation sites (N-methyl/N-ethyl adjacent to an activating group) is 1. The Hall–Kier alpha value is -3.10. The smallest absolute Gasteiger partial charge is 0.243 e. The van der Waals surface area contributed by atoms with Gasteiger partial charge < -0.3 is 24.8 Å². The lowest BCUT2D eigenvalue weighted by molar-refractivity contribution is -0.127. The van der Waals surface area contributed by atoms with Crippen molar-refractivity contribution in [1.82, 2.24) is 30.3 Å². The van der Waals surface area contributed by atoms with Crippen LogP contribution in [0.4, 0.5) is 0 Å². The molecule has 0 aliphatic rings. The highest BCUT2D eigenvalue weighted by Gasteiger charge is 2.07. The fraction of sp³-hybridized carbons (Fsp3) is 0.500. The second-order valence-electron chi connectivity index (χ2n) is 6.66. The molecular formula is C20H31N7O2. The quantitative estimate of drug-likeness (QED) is 0.450. The fourth-order valence-electron chi connectivity index (χ4n) is 2.72. The van der Waals surface area contributed by atoms with Crippen LogP contribution in [-0.4, -0.2) is 72.4 Å². The normalized spacial score (nSPS) is 11.2. The standard InChI is InChI=1S/C20H31N7O2/c1-5-18-25-24-15-27(18)13-12-22-20(23-14-19(28)26(2)3)21-11-10-16-8-6-7-9-17(16)29-4/h6-9,15H,5,10-14H2,1-4H3,(H2,21,22,23). The molecule has 0 saturated carbocycles. The summed E-state index contributed by atoms with van der Waals surface area (Å²) >= 11 is 0. The van der Waals surface area contributed by atoms with Gasteiger partial charge in [-0.25, -0.2) is 4.99 Å². The number of carbonyl (C=O) groups excluding carboxylic acids is 1. The molecule has 0 spiro atoms. The van der Waals surface area contributed by atoms with E-state index in [9.17, 15) is 4.79 Å². The van der Waals surface area contributed by atoms with E-state index >= 15 is 0 Å². The molecule has 9 heteroatoms. The minimum atomic E-state index is -0.0529. The van der Waals surface area contributed by atoms with E-state index in [1.165, 1.54) is 4.90 Å². The summed E-state index contributed by atoms with van der Waals surface area (Å²) < 4.78 is 7.40. The second kappa shape index (κ2) is 11.7. The molecule has 0 atom stereocenters. The largest absolute Gasteiger partial charge is 0.496 e. The number of benzene rings is 1. The summed E-state index contributed by atoms with van der Waals surface area (Å²) in [6.07, 6.45) is 3.33. The highest BCUT2D eigenvalue weighted by molar-refractivity contribution is 5.84. The summed E-state index contributed by atoms with van der Waals surface area (Å²) in [5, 5.41) is 14.6. The SMILES string of the molecule is CCc1nncn1CCNC(=NCC(=O)N(C)C)NCCc1ccccc1OC. The average Bonchev–Trinajstić information content (AvgIpc) is 3.19. The van der Waals surface area contributed by atoms with Crippen LogP contribution in [0.5, 0.6) is 5.75 Å². The van der Waals surface area contributed by atoms with Gasteiger partial charge in [-0.15, -0.1) is 10.2 Å². The molecule has 158 valence electrons. The monoisotopic (exact) mass is 401 g/mol. The van der Waals surface area contributed by atoms with E-state index in [0.717, 1.165) is 30.0 Å². The molecule has 0 bridgehead atoms. The van der Waals surface area contributed by atoms with E-state index in [-0.39, 0.29) is 12.5 Å². The first-order valence-corrected chi connectivity index (χ1v) is 9.76. The van der Waals surface area contributed by atoms with E-state index in [1.54, 1.807) is 27.5 Å². The van der Waals surface area contributed by atoms with Crippen LogP contribution in [0.1, 0.15) is 18.3 Å². The Morgan fingerprint density at radius 2 is 2.00 bits per heavy atom. The van der Waals surface area contributed by atoms with Crippen LogP contribution in [-0.2, 0) is 24.2 Å². The van der Waals surface area contributed by atoms with Gasteiger partial charge in [0, 0.05) is 40.2 Å². The zero-order valence-electron chi connectivity index (χ0n) is 17.7. The van der Waals surface area contributed by atoms with Crippen LogP contribution >= 0.6 is 0 Å². The molecule has 1 aromatic heterocycles. The summed E-state index contributed by atoms with van der Waals surface area (Å²) in [6.45, 7) is 4.15. The van der Waals surface area contributed by atoms with Crippen LogP contribution in [0.25, 0.3) is 0 Å². The summed E-state index contributed by atoms with van der Waals surface area (Å²) in [7, 11) is 5.11. The second-order valence-corrected chi connectivity index (χ2v) is 6.66. The number of amides is 1. The number of aromatic nitrogens is 3. The zero-order valence-corrected chi connectivity index (χ0v) is 17.7. The molecule has 2 rings (SSSR count). The number of aryl methyl sites for hydroxylation is 1. The summed E-state index contributed by atoms with van der Waals surface area (Å²) in [6, 6.07) is 7.93. The summed E-state index contributed by atoms with van der Waals surface area (Å²) in [5.41, 5.74) is 1.11. The van der Waals surface area contributed by atoms with Gasteiger partial charge in [0.2, 0.25) is 5.91 Å². The Labute approximate surface area is 172 Å². The number of carbonyl (C=O) groups is 1. The molecule has 1 heterocycles. The number of ether oxygens (including phenoxy) is 1. The number of aliphatic imine (C=N–C) groups is 1. The lowest BCUT2D eigenvalue weighted by Gasteiger charge is -2.15. The number of methoxy groups -OCH3 is 1. The molecule has 29 heavy (non-hydrogen) atoms. The van der Waals surface area contributed by atoms with Gasteiger partial charge in [0.1, 0.15) is 24.4 Å². The van der Waals surface area contributed by atoms with Gasteiger partial charge in [-0.1, -0.05) is 25.1 Å². The van der Waals surface area contributed by atoms with Crippen molar-refractivity contribution >= 4 is 11.9 Å². The molecule has 0 aliphatic carbocycles. The van der Waals surface area contributed by atoms with Crippen molar-refractivity contribution in [3.05, 3.63) is 42.0 Å². The van der Waals surface area contributed by atoms with Crippen LogP contribution in [0.15, 0.2) is 35.6 Å². The van der Waals surface area contributed by atoms with Crippen molar-refractivity contribution in [2.75, 3.05) is 40.8 Å². The van der Waals surface area contributed by atoms with Crippen LogP contribution in [0.2, 0.25) is 0 Å². The maximum Gasteiger partial charge on any atom is 0.243 e. The molecule has 1 amide bonds. The van der Waals surface area contributed by atoms with E-state index < -0.39 is 0 Å². The molecule has 0 saturated heterocycles. The highest BCUT2D eigenvalue weighted by atomic mass is 16.5. The third-order valence-electron chi connectivity index (χ3n) is 4.41. The van der Waals surface area contributed by atoms with Crippen molar-refractivity contribution in [2.24, 2.45) is 4.99 Å². The molecule has 0 aliphatic heterocycles. The van der Waals surface area contributed by atoms with Gasteiger partial charge in [-0.3, -0.25) is 4.79 Å². The van der Waals surface area contributed by atoms with E-state index in [0.29, 0.717) is 25.6 Å². The maximum absolute atomic E-state index is 11.9. The molecule has 1 aromatic carbocycles. The van der Waals surface area contributed by atoms with Gasteiger partial charge in [0.25, 0.3) is 0 Å². The first kappa shape index (κ1) is 22.2. The average molecular weight is 402 g/mol. The predicted molar refractivity (Wildman–Crippen MR) is 113 cm³/mol. The first-order valence-electron chi connectivity index (χ1n) is 9.76. The van der Waals surface area contributed by atoms with E-state index in [2.05, 4.69) is 25.8 Å². The number of hydrogen-bond donors (Lipinski definition) is 2. The van der Waals surface area contributed by atoms with Gasteiger partial charge in [0.15, 0.2) is 5.96 Å². The number of guanidine groups is 1. The Balaban J connectivity index is 1.93. The lowest BCUT2D eigenvalue weighted by atomic mass is 10.1. The van der Waals surface area contributed by atoms with E-state index in [1.807, 2.05) is 35.8 Å². The van der Waals surface area contributed by atoms with E-state index in [4.69, 9.17) is 4.74 Å². The molecule has 2 aromatic rings. The van der Waals surface area contributed by atoms with Crippen molar-refractivity contribution < 1.29 is 9.53 Å². The molecule has 0 fully saturated rings. The number of para-hydroxylation sites is 1. The Bertz CT molecular complexity index is 802. The van der Waals surface area contributed by atoms with Gasteiger partial charge >= 0.3 is 0 Å². The summed E-state index contributed by atoms with van der Waals surface area (Å²) in [5.74, 6) is 2.35.